The lowest BCUT2D eigenvalue weighted by molar-refractivity contribution is -0.120. The van der Waals surface area contributed by atoms with Crippen molar-refractivity contribution in [3.63, 3.8) is 0 Å². The zero-order valence-electron chi connectivity index (χ0n) is 17.0. The number of hydrogen-bond acceptors (Lipinski definition) is 4. The van der Waals surface area contributed by atoms with Crippen LogP contribution < -0.4 is 14.9 Å². The first-order valence-corrected chi connectivity index (χ1v) is 10.1. The fraction of sp³-hybridized carbons (Fsp3) is 0.364. The highest BCUT2D eigenvalue weighted by Gasteiger charge is 2.13. The number of ether oxygens (including phenoxy) is 2. The van der Waals surface area contributed by atoms with Crippen LogP contribution in [0.2, 0.25) is 0 Å². The van der Waals surface area contributed by atoms with E-state index in [0.29, 0.717) is 24.5 Å². The lowest BCUT2D eigenvalue weighted by atomic mass is 10.0. The molecule has 0 heterocycles. The Morgan fingerprint density at radius 1 is 1.25 bits per heavy atom. The first kappa shape index (κ1) is 22.0. The molecule has 0 radical (unpaired) electrons. The molecule has 0 spiro atoms. The zero-order valence-corrected chi connectivity index (χ0v) is 18.6. The Bertz CT molecular complexity index is 863. The normalized spacial score (nSPS) is 11.1. The van der Waals surface area contributed by atoms with Gasteiger partial charge in [0.25, 0.3) is 0 Å². The number of benzene rings is 2. The van der Waals surface area contributed by atoms with Crippen LogP contribution in [0.5, 0.6) is 11.5 Å². The lowest BCUT2D eigenvalue weighted by Crippen LogP contribution is -2.20. The molecule has 0 saturated heterocycles. The van der Waals surface area contributed by atoms with E-state index in [4.69, 9.17) is 9.47 Å². The first-order chi connectivity index (χ1) is 13.3. The van der Waals surface area contributed by atoms with E-state index in [9.17, 15) is 4.79 Å². The van der Waals surface area contributed by atoms with Gasteiger partial charge in [-0.1, -0.05) is 23.8 Å². The topological polar surface area (TPSA) is 59.9 Å². The van der Waals surface area contributed by atoms with Crippen LogP contribution in [0.1, 0.15) is 43.0 Å². The molecule has 28 heavy (non-hydrogen) atoms. The van der Waals surface area contributed by atoms with Gasteiger partial charge in [-0.05, 0) is 79.4 Å². The van der Waals surface area contributed by atoms with E-state index in [1.807, 2.05) is 58.9 Å². The highest BCUT2D eigenvalue weighted by Crippen LogP contribution is 2.37. The van der Waals surface area contributed by atoms with Crippen LogP contribution in [0, 0.1) is 13.8 Å². The van der Waals surface area contributed by atoms with E-state index in [1.54, 1.807) is 6.21 Å². The predicted octanol–water partition coefficient (Wildman–Crippen LogP) is 4.94. The minimum Gasteiger partial charge on any atom is -0.490 e. The summed E-state index contributed by atoms with van der Waals surface area (Å²) in [7, 11) is 0. The van der Waals surface area contributed by atoms with Crippen molar-refractivity contribution in [3.05, 3.63) is 57.1 Å². The number of nitrogens with zero attached hydrogens (tertiary/aromatic N) is 1. The predicted molar refractivity (Wildman–Crippen MR) is 116 cm³/mol. The second-order valence-corrected chi connectivity index (χ2v) is 7.68. The molecule has 0 aliphatic rings. The van der Waals surface area contributed by atoms with E-state index in [1.165, 1.54) is 5.56 Å². The summed E-state index contributed by atoms with van der Waals surface area (Å²) in [5, 5.41) is 4.08. The average Bonchev–Trinajstić information content (AvgIpc) is 2.60. The molecular weight excluding hydrogens is 420 g/mol. The Morgan fingerprint density at radius 2 is 2.00 bits per heavy atom. The minimum absolute atomic E-state index is 0.0274. The Balaban J connectivity index is 2.07. The summed E-state index contributed by atoms with van der Waals surface area (Å²) < 4.78 is 12.3. The van der Waals surface area contributed by atoms with Gasteiger partial charge in [0.15, 0.2) is 11.5 Å². The smallest absolute Gasteiger partial charge is 0.244 e. The minimum atomic E-state index is -0.160. The van der Waals surface area contributed by atoms with Gasteiger partial charge in [0.1, 0.15) is 0 Å². The molecule has 0 bridgehead atoms. The number of aryl methyl sites for hydroxylation is 2. The number of carbonyl (C=O) groups excluding carboxylic acids is 1. The van der Waals surface area contributed by atoms with Crippen LogP contribution >= 0.6 is 15.9 Å². The number of amides is 1. The molecule has 2 aromatic carbocycles. The molecule has 5 nitrogen and oxygen atoms in total. The van der Waals surface area contributed by atoms with Gasteiger partial charge < -0.3 is 9.47 Å². The summed E-state index contributed by atoms with van der Waals surface area (Å²) in [6, 6.07) is 9.77. The molecule has 0 aliphatic carbocycles. The van der Waals surface area contributed by atoms with Crippen molar-refractivity contribution in [2.24, 2.45) is 5.10 Å². The maximum Gasteiger partial charge on any atom is 0.244 e. The second-order valence-electron chi connectivity index (χ2n) is 6.83. The van der Waals surface area contributed by atoms with Crippen LogP contribution in [-0.4, -0.2) is 24.8 Å². The number of nitrogens with one attached hydrogen (secondary N) is 1. The third-order valence-corrected chi connectivity index (χ3v) is 4.53. The molecule has 2 rings (SSSR count). The summed E-state index contributed by atoms with van der Waals surface area (Å²) in [6.45, 7) is 10.4. The van der Waals surface area contributed by atoms with Crippen LogP contribution in [0.3, 0.4) is 0 Å². The van der Waals surface area contributed by atoms with Crippen molar-refractivity contribution < 1.29 is 14.3 Å². The Labute approximate surface area is 175 Å². The summed E-state index contributed by atoms with van der Waals surface area (Å²) in [6.07, 6.45) is 1.91. The first-order valence-electron chi connectivity index (χ1n) is 9.31. The van der Waals surface area contributed by atoms with Gasteiger partial charge in [-0.3, -0.25) is 4.79 Å². The summed E-state index contributed by atoms with van der Waals surface area (Å²) in [5.41, 5.74) is 6.65. The molecule has 0 fully saturated rings. The second kappa shape index (κ2) is 10.3. The SMILES string of the molecule is CCOc1cc(/C=N\NC(=O)Cc2ccc(C)cc2C)cc(Br)c1OC(C)C. The van der Waals surface area contributed by atoms with E-state index < -0.39 is 0 Å². The van der Waals surface area contributed by atoms with Gasteiger partial charge in [0, 0.05) is 0 Å². The molecule has 1 amide bonds. The highest BCUT2D eigenvalue weighted by atomic mass is 79.9. The van der Waals surface area contributed by atoms with Crippen LogP contribution in [-0.2, 0) is 11.2 Å². The quantitative estimate of drug-likeness (QED) is 0.461. The van der Waals surface area contributed by atoms with Crippen molar-refractivity contribution in [3.8, 4) is 11.5 Å². The van der Waals surface area contributed by atoms with Crippen molar-refractivity contribution in [2.45, 2.75) is 47.1 Å². The molecular formula is C22H27BrN2O3. The molecule has 0 saturated carbocycles. The van der Waals surface area contributed by atoms with E-state index in [-0.39, 0.29) is 12.0 Å². The third kappa shape index (κ3) is 6.37. The lowest BCUT2D eigenvalue weighted by Gasteiger charge is -2.16. The Morgan fingerprint density at radius 3 is 2.64 bits per heavy atom. The van der Waals surface area contributed by atoms with E-state index >= 15 is 0 Å². The van der Waals surface area contributed by atoms with Gasteiger partial charge in [-0.2, -0.15) is 5.10 Å². The molecule has 0 atom stereocenters. The van der Waals surface area contributed by atoms with Gasteiger partial charge in [0.05, 0.1) is 29.8 Å². The number of hydrogen-bond donors (Lipinski definition) is 1. The third-order valence-electron chi connectivity index (χ3n) is 3.94. The molecule has 150 valence electrons. The average molecular weight is 447 g/mol. The van der Waals surface area contributed by atoms with Crippen LogP contribution in [0.25, 0.3) is 0 Å². The molecule has 2 aromatic rings. The number of carbonyl (C=O) groups is 1. The van der Waals surface area contributed by atoms with Crippen LogP contribution in [0.4, 0.5) is 0 Å². The van der Waals surface area contributed by atoms with Gasteiger partial charge in [-0.15, -0.1) is 0 Å². The standard InChI is InChI=1S/C22H27BrN2O3/c1-6-27-20-11-17(10-19(23)22(20)28-14(2)3)13-24-25-21(26)12-18-8-7-15(4)9-16(18)5/h7-11,13-14H,6,12H2,1-5H3,(H,25,26)/b24-13-. The summed E-state index contributed by atoms with van der Waals surface area (Å²) >= 11 is 3.52. The molecule has 6 heteroatoms. The maximum atomic E-state index is 12.2. The number of hydrazone groups is 1. The fourth-order valence-corrected chi connectivity index (χ4v) is 3.26. The molecule has 1 N–H and O–H groups in total. The van der Waals surface area contributed by atoms with Crippen molar-refractivity contribution in [1.82, 2.24) is 5.43 Å². The van der Waals surface area contributed by atoms with Gasteiger partial charge in [-0.25, -0.2) is 5.43 Å². The monoisotopic (exact) mass is 446 g/mol. The highest BCUT2D eigenvalue weighted by molar-refractivity contribution is 9.10. The van der Waals surface area contributed by atoms with Gasteiger partial charge >= 0.3 is 0 Å². The Hall–Kier alpha value is -2.34. The van der Waals surface area contributed by atoms with E-state index in [0.717, 1.165) is 21.2 Å². The van der Waals surface area contributed by atoms with Crippen molar-refractivity contribution >= 4 is 28.1 Å². The molecule has 0 unspecified atom stereocenters. The summed E-state index contributed by atoms with van der Waals surface area (Å²) in [4.78, 5) is 12.2. The fourth-order valence-electron chi connectivity index (χ4n) is 2.71. The van der Waals surface area contributed by atoms with Gasteiger partial charge in [0.2, 0.25) is 5.91 Å². The maximum absolute atomic E-state index is 12.2. The van der Waals surface area contributed by atoms with Crippen molar-refractivity contribution in [1.29, 1.82) is 0 Å². The van der Waals surface area contributed by atoms with Crippen molar-refractivity contribution in [2.75, 3.05) is 6.61 Å². The Kier molecular flexibility index (Phi) is 8.05. The largest absolute Gasteiger partial charge is 0.490 e. The zero-order chi connectivity index (χ0) is 20.7. The molecule has 0 aliphatic heterocycles. The number of halogens is 1. The van der Waals surface area contributed by atoms with Crippen LogP contribution in [0.15, 0.2) is 39.9 Å². The number of rotatable bonds is 8. The summed E-state index contributed by atoms with van der Waals surface area (Å²) in [5.74, 6) is 1.13. The molecule has 0 aromatic heterocycles. The van der Waals surface area contributed by atoms with E-state index in [2.05, 4.69) is 32.5 Å².